The number of likely N-dealkylation sites (tertiary alicyclic amines) is 1. The fourth-order valence-electron chi connectivity index (χ4n) is 3.46. The second-order valence-corrected chi connectivity index (χ2v) is 9.15. The van der Waals surface area contributed by atoms with Gasteiger partial charge in [0.15, 0.2) is 0 Å². The summed E-state index contributed by atoms with van der Waals surface area (Å²) in [5, 5.41) is 1.82. The lowest BCUT2D eigenvalue weighted by atomic mass is 10.00. The maximum atomic E-state index is 12.5. The Bertz CT molecular complexity index is 558. The lowest BCUT2D eigenvalue weighted by molar-refractivity contribution is 0.0190. The zero-order valence-corrected chi connectivity index (χ0v) is 14.6. The molecule has 0 saturated carbocycles. The second kappa shape index (κ2) is 6.97. The van der Waals surface area contributed by atoms with E-state index in [0.29, 0.717) is 29.4 Å². The Balaban J connectivity index is 1.55. The molecule has 2 aliphatic heterocycles. The Hall–Kier alpha value is -0.470. The van der Waals surface area contributed by atoms with E-state index >= 15 is 0 Å². The third-order valence-corrected chi connectivity index (χ3v) is 8.11. The molecule has 22 heavy (non-hydrogen) atoms. The van der Waals surface area contributed by atoms with Gasteiger partial charge in [-0.3, -0.25) is 0 Å². The van der Waals surface area contributed by atoms with Crippen LogP contribution in [-0.2, 0) is 14.8 Å². The van der Waals surface area contributed by atoms with Gasteiger partial charge in [-0.1, -0.05) is 6.07 Å². The van der Waals surface area contributed by atoms with Gasteiger partial charge in [0.2, 0.25) is 0 Å². The standard InChI is InChI=1S/C15H24N2O3S2/c1-20-14-6-8-16(9-7-14)13-4-10-17(11-5-13)22(18,19)15-3-2-12-21-15/h2-3,12-14H,4-11H2,1H3. The molecule has 0 amide bonds. The lowest BCUT2D eigenvalue weighted by Gasteiger charge is -2.41. The third-order valence-electron chi connectivity index (χ3n) is 4.84. The minimum absolute atomic E-state index is 0.399. The van der Waals surface area contributed by atoms with E-state index < -0.39 is 10.0 Å². The topological polar surface area (TPSA) is 49.9 Å². The van der Waals surface area contributed by atoms with Crippen LogP contribution in [0.15, 0.2) is 21.7 Å². The van der Waals surface area contributed by atoms with E-state index in [-0.39, 0.29) is 0 Å². The van der Waals surface area contributed by atoms with Crippen LogP contribution < -0.4 is 0 Å². The van der Waals surface area contributed by atoms with E-state index in [0.717, 1.165) is 38.8 Å². The number of nitrogens with zero attached hydrogens (tertiary/aromatic N) is 2. The molecule has 0 N–H and O–H groups in total. The van der Waals surface area contributed by atoms with Crippen molar-refractivity contribution in [2.24, 2.45) is 0 Å². The van der Waals surface area contributed by atoms with Crippen LogP contribution in [0.2, 0.25) is 0 Å². The van der Waals surface area contributed by atoms with E-state index in [1.165, 1.54) is 11.3 Å². The molecule has 2 fully saturated rings. The van der Waals surface area contributed by atoms with Crippen molar-refractivity contribution < 1.29 is 13.2 Å². The molecule has 7 heteroatoms. The molecule has 3 rings (SSSR count). The Morgan fingerprint density at radius 1 is 1.14 bits per heavy atom. The van der Waals surface area contributed by atoms with Crippen molar-refractivity contribution in [3.05, 3.63) is 17.5 Å². The first-order chi connectivity index (χ1) is 10.6. The fourth-order valence-corrected chi connectivity index (χ4v) is 6.08. The molecule has 1 aromatic heterocycles. The Morgan fingerprint density at radius 3 is 2.36 bits per heavy atom. The number of ether oxygens (including phenoxy) is 1. The number of hydrogen-bond donors (Lipinski definition) is 0. The van der Waals surface area contributed by atoms with Crippen LogP contribution in [0, 0.1) is 0 Å². The molecule has 3 heterocycles. The average Bonchev–Trinajstić information content (AvgIpc) is 3.10. The summed E-state index contributed by atoms with van der Waals surface area (Å²) in [6.07, 6.45) is 4.44. The van der Waals surface area contributed by atoms with Crippen LogP contribution in [0.4, 0.5) is 0 Å². The molecular formula is C15H24N2O3S2. The second-order valence-electron chi connectivity index (χ2n) is 6.04. The van der Waals surface area contributed by atoms with E-state index in [9.17, 15) is 8.42 Å². The Kier molecular flexibility index (Phi) is 5.19. The predicted molar refractivity (Wildman–Crippen MR) is 87.7 cm³/mol. The molecule has 0 aliphatic carbocycles. The summed E-state index contributed by atoms with van der Waals surface area (Å²) in [7, 11) is -1.49. The van der Waals surface area contributed by atoms with E-state index in [4.69, 9.17) is 4.74 Å². The monoisotopic (exact) mass is 344 g/mol. The molecule has 124 valence electrons. The summed E-state index contributed by atoms with van der Waals surface area (Å²) in [4.78, 5) is 2.52. The lowest BCUT2D eigenvalue weighted by Crippen LogP contribution is -2.49. The third kappa shape index (κ3) is 3.38. The van der Waals surface area contributed by atoms with Crippen molar-refractivity contribution in [1.82, 2.24) is 9.21 Å². The Morgan fingerprint density at radius 2 is 1.82 bits per heavy atom. The van der Waals surface area contributed by atoms with Crippen LogP contribution in [0.5, 0.6) is 0 Å². The van der Waals surface area contributed by atoms with Gasteiger partial charge in [0.05, 0.1) is 6.10 Å². The van der Waals surface area contributed by atoms with Gasteiger partial charge in [0.25, 0.3) is 10.0 Å². The molecular weight excluding hydrogens is 320 g/mol. The molecule has 1 aromatic rings. The smallest absolute Gasteiger partial charge is 0.252 e. The minimum Gasteiger partial charge on any atom is -0.381 e. The maximum absolute atomic E-state index is 12.5. The van der Waals surface area contributed by atoms with E-state index in [1.807, 2.05) is 5.38 Å². The van der Waals surface area contributed by atoms with Gasteiger partial charge in [-0.2, -0.15) is 4.31 Å². The summed E-state index contributed by atoms with van der Waals surface area (Å²) < 4.78 is 32.6. The first kappa shape index (κ1) is 16.4. The largest absolute Gasteiger partial charge is 0.381 e. The SMILES string of the molecule is COC1CCN(C2CCN(S(=O)(=O)c3cccs3)CC2)CC1. The zero-order chi connectivity index (χ0) is 15.6. The van der Waals surface area contributed by atoms with Gasteiger partial charge < -0.3 is 9.64 Å². The summed E-state index contributed by atoms with van der Waals surface area (Å²) >= 11 is 1.30. The van der Waals surface area contributed by atoms with Crippen LogP contribution in [0.25, 0.3) is 0 Å². The fraction of sp³-hybridized carbons (Fsp3) is 0.733. The minimum atomic E-state index is -3.27. The molecule has 0 bridgehead atoms. The summed E-state index contributed by atoms with van der Waals surface area (Å²) in [5.74, 6) is 0. The van der Waals surface area contributed by atoms with Crippen LogP contribution in [0.1, 0.15) is 25.7 Å². The molecule has 0 radical (unpaired) electrons. The molecule has 2 aliphatic rings. The molecule has 2 saturated heterocycles. The van der Waals surface area contributed by atoms with Crippen LogP contribution in [-0.4, -0.2) is 63.1 Å². The maximum Gasteiger partial charge on any atom is 0.252 e. The van der Waals surface area contributed by atoms with Crippen molar-refractivity contribution in [2.75, 3.05) is 33.3 Å². The van der Waals surface area contributed by atoms with E-state index in [1.54, 1.807) is 23.5 Å². The molecule has 5 nitrogen and oxygen atoms in total. The molecule has 0 unspecified atom stereocenters. The normalized spacial score (nSPS) is 23.9. The Labute approximate surface area is 136 Å². The highest BCUT2D eigenvalue weighted by Crippen LogP contribution is 2.27. The number of piperidine rings is 2. The van der Waals surface area contributed by atoms with Gasteiger partial charge in [-0.05, 0) is 37.1 Å². The highest BCUT2D eigenvalue weighted by Gasteiger charge is 2.33. The van der Waals surface area contributed by atoms with Crippen LogP contribution >= 0.6 is 11.3 Å². The van der Waals surface area contributed by atoms with E-state index in [2.05, 4.69) is 4.90 Å². The van der Waals surface area contributed by atoms with Gasteiger partial charge in [0, 0.05) is 39.3 Å². The van der Waals surface area contributed by atoms with Gasteiger partial charge in [0.1, 0.15) is 4.21 Å². The molecule has 0 spiro atoms. The van der Waals surface area contributed by atoms with Crippen LogP contribution in [0.3, 0.4) is 0 Å². The van der Waals surface area contributed by atoms with Crippen molar-refractivity contribution in [2.45, 2.75) is 42.0 Å². The number of methoxy groups -OCH3 is 1. The zero-order valence-electron chi connectivity index (χ0n) is 13.0. The number of rotatable bonds is 4. The van der Waals surface area contributed by atoms with Crippen molar-refractivity contribution in [3.8, 4) is 0 Å². The first-order valence-electron chi connectivity index (χ1n) is 7.92. The highest BCUT2D eigenvalue weighted by atomic mass is 32.2. The predicted octanol–water partition coefficient (Wildman–Crippen LogP) is 2.01. The quantitative estimate of drug-likeness (QED) is 0.838. The molecule has 0 atom stereocenters. The summed E-state index contributed by atoms with van der Waals surface area (Å²) in [5.41, 5.74) is 0. The molecule has 0 aromatic carbocycles. The number of thiophene rings is 1. The van der Waals surface area contributed by atoms with Crippen molar-refractivity contribution in [3.63, 3.8) is 0 Å². The summed E-state index contributed by atoms with van der Waals surface area (Å²) in [6, 6.07) is 4.01. The van der Waals surface area contributed by atoms with Crippen molar-refractivity contribution >= 4 is 21.4 Å². The van der Waals surface area contributed by atoms with Gasteiger partial charge in [-0.25, -0.2) is 8.42 Å². The number of hydrogen-bond acceptors (Lipinski definition) is 5. The van der Waals surface area contributed by atoms with Crippen molar-refractivity contribution in [1.29, 1.82) is 0 Å². The van der Waals surface area contributed by atoms with Gasteiger partial charge in [-0.15, -0.1) is 11.3 Å². The summed E-state index contributed by atoms with van der Waals surface area (Å²) in [6.45, 7) is 3.41. The van der Waals surface area contributed by atoms with Gasteiger partial charge >= 0.3 is 0 Å². The highest BCUT2D eigenvalue weighted by molar-refractivity contribution is 7.91. The first-order valence-corrected chi connectivity index (χ1v) is 10.2. The number of sulfonamides is 1. The average molecular weight is 345 g/mol.